The minimum Gasteiger partial charge on any atom is -0.491 e. The van der Waals surface area contributed by atoms with Crippen molar-refractivity contribution in [2.24, 2.45) is 5.92 Å². The van der Waals surface area contributed by atoms with Gasteiger partial charge in [0.05, 0.1) is 13.2 Å². The predicted octanol–water partition coefficient (Wildman–Crippen LogP) is 2.86. The van der Waals surface area contributed by atoms with E-state index in [9.17, 15) is 4.79 Å². The van der Waals surface area contributed by atoms with Gasteiger partial charge in [-0.25, -0.2) is 4.79 Å². The molecule has 0 aromatic heterocycles. The second-order valence-corrected chi connectivity index (χ2v) is 6.13. The molecule has 0 saturated heterocycles. The number of hydrogen-bond acceptors (Lipinski definition) is 4. The molecule has 0 bridgehead atoms. The van der Waals surface area contributed by atoms with Crippen molar-refractivity contribution in [2.45, 2.75) is 45.3 Å². The number of esters is 1. The molecule has 1 fully saturated rings. The normalized spacial score (nSPS) is 17.4. The summed E-state index contributed by atoms with van der Waals surface area (Å²) >= 11 is 0. The van der Waals surface area contributed by atoms with Crippen LogP contribution in [-0.2, 0) is 15.1 Å². The van der Waals surface area contributed by atoms with Crippen molar-refractivity contribution in [2.75, 3.05) is 13.7 Å². The standard InChI is InChI=1S/C17H25NO3/c1-12(2)21-15-9-7-14(8-10-15)17(3,16(19)20-4)18-11-13-5-6-13/h7-10,12-13,18H,5-6,11H2,1-4H3. The molecule has 1 aliphatic carbocycles. The topological polar surface area (TPSA) is 47.6 Å². The van der Waals surface area contributed by atoms with Gasteiger partial charge in [-0.15, -0.1) is 0 Å². The summed E-state index contributed by atoms with van der Waals surface area (Å²) in [5, 5.41) is 3.37. The first-order valence-corrected chi connectivity index (χ1v) is 7.56. The maximum absolute atomic E-state index is 12.2. The van der Waals surface area contributed by atoms with Crippen LogP contribution in [0.4, 0.5) is 0 Å². The van der Waals surface area contributed by atoms with Gasteiger partial charge in [-0.3, -0.25) is 5.32 Å². The number of ether oxygens (including phenoxy) is 2. The highest BCUT2D eigenvalue weighted by Crippen LogP contribution is 2.31. The molecule has 0 radical (unpaired) electrons. The zero-order valence-corrected chi connectivity index (χ0v) is 13.3. The molecule has 0 spiro atoms. The van der Waals surface area contributed by atoms with Gasteiger partial charge < -0.3 is 9.47 Å². The lowest BCUT2D eigenvalue weighted by Gasteiger charge is -2.29. The summed E-state index contributed by atoms with van der Waals surface area (Å²) in [5.74, 6) is 1.24. The average molecular weight is 291 g/mol. The van der Waals surface area contributed by atoms with E-state index in [4.69, 9.17) is 9.47 Å². The van der Waals surface area contributed by atoms with E-state index in [1.807, 2.05) is 45.0 Å². The van der Waals surface area contributed by atoms with Crippen LogP contribution < -0.4 is 10.1 Å². The lowest BCUT2D eigenvalue weighted by molar-refractivity contribution is -0.148. The first-order chi connectivity index (χ1) is 9.95. The van der Waals surface area contributed by atoms with Crippen molar-refractivity contribution in [3.63, 3.8) is 0 Å². The summed E-state index contributed by atoms with van der Waals surface area (Å²) in [4.78, 5) is 12.2. The second-order valence-electron chi connectivity index (χ2n) is 6.13. The summed E-state index contributed by atoms with van der Waals surface area (Å²) in [6, 6.07) is 7.65. The number of nitrogens with one attached hydrogen (secondary N) is 1. The number of carbonyl (C=O) groups is 1. The first-order valence-electron chi connectivity index (χ1n) is 7.56. The van der Waals surface area contributed by atoms with Crippen molar-refractivity contribution in [1.82, 2.24) is 5.32 Å². The van der Waals surface area contributed by atoms with Crippen molar-refractivity contribution >= 4 is 5.97 Å². The SMILES string of the molecule is COC(=O)C(C)(NCC1CC1)c1ccc(OC(C)C)cc1. The fourth-order valence-electron chi connectivity index (χ4n) is 2.31. The van der Waals surface area contributed by atoms with Crippen LogP contribution in [0.25, 0.3) is 0 Å². The monoisotopic (exact) mass is 291 g/mol. The average Bonchev–Trinajstić information content (AvgIpc) is 3.28. The number of hydrogen-bond donors (Lipinski definition) is 1. The molecule has 1 atom stereocenters. The molecule has 1 saturated carbocycles. The Kier molecular flexibility index (Phi) is 4.88. The van der Waals surface area contributed by atoms with Gasteiger partial charge in [0.15, 0.2) is 0 Å². The van der Waals surface area contributed by atoms with Gasteiger partial charge in [-0.2, -0.15) is 0 Å². The van der Waals surface area contributed by atoms with Gasteiger partial charge in [0.2, 0.25) is 0 Å². The number of rotatable bonds is 7. The fourth-order valence-corrected chi connectivity index (χ4v) is 2.31. The van der Waals surface area contributed by atoms with Crippen LogP contribution in [0.1, 0.15) is 39.2 Å². The minimum atomic E-state index is -0.812. The summed E-state index contributed by atoms with van der Waals surface area (Å²) in [6.07, 6.45) is 2.62. The summed E-state index contributed by atoms with van der Waals surface area (Å²) in [5.41, 5.74) is 0.0827. The molecule has 4 nitrogen and oxygen atoms in total. The van der Waals surface area contributed by atoms with Crippen LogP contribution >= 0.6 is 0 Å². The van der Waals surface area contributed by atoms with Crippen molar-refractivity contribution in [3.8, 4) is 5.75 Å². The molecule has 0 amide bonds. The summed E-state index contributed by atoms with van der Waals surface area (Å²) in [7, 11) is 1.43. The Morgan fingerprint density at radius 2 is 1.95 bits per heavy atom. The van der Waals surface area contributed by atoms with Gasteiger partial charge in [-0.05, 0) is 63.8 Å². The lowest BCUT2D eigenvalue weighted by Crippen LogP contribution is -2.48. The van der Waals surface area contributed by atoms with Crippen LogP contribution in [0.5, 0.6) is 5.75 Å². The highest BCUT2D eigenvalue weighted by atomic mass is 16.5. The third kappa shape index (κ3) is 3.97. The quantitative estimate of drug-likeness (QED) is 0.785. The van der Waals surface area contributed by atoms with Crippen molar-refractivity contribution in [3.05, 3.63) is 29.8 Å². The van der Waals surface area contributed by atoms with Crippen LogP contribution in [0.3, 0.4) is 0 Å². The molecule has 0 heterocycles. The Morgan fingerprint density at radius 1 is 1.33 bits per heavy atom. The molecule has 1 aromatic carbocycles. The Labute approximate surface area is 126 Å². The third-order valence-electron chi connectivity index (χ3n) is 3.84. The predicted molar refractivity (Wildman–Crippen MR) is 82.3 cm³/mol. The highest BCUT2D eigenvalue weighted by Gasteiger charge is 2.37. The Balaban J connectivity index is 2.16. The molecular weight excluding hydrogens is 266 g/mol. The molecule has 1 N–H and O–H groups in total. The Hall–Kier alpha value is -1.55. The molecule has 116 valence electrons. The lowest BCUT2D eigenvalue weighted by atomic mass is 9.91. The molecule has 4 heteroatoms. The van der Waals surface area contributed by atoms with Gasteiger partial charge in [-0.1, -0.05) is 12.1 Å². The minimum absolute atomic E-state index is 0.135. The fraction of sp³-hybridized carbons (Fsp3) is 0.588. The molecule has 2 rings (SSSR count). The maximum atomic E-state index is 12.2. The zero-order valence-electron chi connectivity index (χ0n) is 13.3. The van der Waals surface area contributed by atoms with Crippen molar-refractivity contribution in [1.29, 1.82) is 0 Å². The second kappa shape index (κ2) is 6.48. The zero-order chi connectivity index (χ0) is 15.5. The smallest absolute Gasteiger partial charge is 0.330 e. The van der Waals surface area contributed by atoms with Gasteiger partial charge >= 0.3 is 5.97 Å². The largest absolute Gasteiger partial charge is 0.491 e. The van der Waals surface area contributed by atoms with Gasteiger partial charge in [0, 0.05) is 0 Å². The van der Waals surface area contributed by atoms with E-state index in [1.165, 1.54) is 20.0 Å². The number of benzene rings is 1. The first kappa shape index (κ1) is 15.8. The van der Waals surface area contributed by atoms with E-state index in [-0.39, 0.29) is 12.1 Å². The van der Waals surface area contributed by atoms with E-state index in [0.29, 0.717) is 5.92 Å². The van der Waals surface area contributed by atoms with E-state index in [1.54, 1.807) is 0 Å². The van der Waals surface area contributed by atoms with E-state index < -0.39 is 5.54 Å². The van der Waals surface area contributed by atoms with Crippen LogP contribution in [0.15, 0.2) is 24.3 Å². The van der Waals surface area contributed by atoms with Gasteiger partial charge in [0.1, 0.15) is 11.3 Å². The maximum Gasteiger partial charge on any atom is 0.330 e. The third-order valence-corrected chi connectivity index (χ3v) is 3.84. The van der Waals surface area contributed by atoms with E-state index in [0.717, 1.165) is 17.9 Å². The van der Waals surface area contributed by atoms with Gasteiger partial charge in [0.25, 0.3) is 0 Å². The molecule has 1 aliphatic rings. The highest BCUT2D eigenvalue weighted by molar-refractivity contribution is 5.82. The van der Waals surface area contributed by atoms with Crippen molar-refractivity contribution < 1.29 is 14.3 Å². The summed E-state index contributed by atoms with van der Waals surface area (Å²) < 4.78 is 10.6. The Bertz CT molecular complexity index is 479. The molecule has 21 heavy (non-hydrogen) atoms. The van der Waals surface area contributed by atoms with Crippen LogP contribution in [-0.4, -0.2) is 25.7 Å². The number of carbonyl (C=O) groups excluding carboxylic acids is 1. The van der Waals surface area contributed by atoms with E-state index >= 15 is 0 Å². The van der Waals surface area contributed by atoms with E-state index in [2.05, 4.69) is 5.32 Å². The number of methoxy groups -OCH3 is 1. The molecular formula is C17H25NO3. The molecule has 1 unspecified atom stereocenters. The molecule has 0 aliphatic heterocycles. The summed E-state index contributed by atoms with van der Waals surface area (Å²) in [6.45, 7) is 6.70. The molecule has 1 aromatic rings. The Morgan fingerprint density at radius 3 is 2.43 bits per heavy atom. The van der Waals surface area contributed by atoms with Crippen LogP contribution in [0, 0.1) is 5.92 Å². The van der Waals surface area contributed by atoms with Crippen LogP contribution in [0.2, 0.25) is 0 Å².